The largest absolute Gasteiger partial charge is 0.497 e. The van der Waals surface area contributed by atoms with Crippen molar-refractivity contribution in [1.29, 1.82) is 0 Å². The summed E-state index contributed by atoms with van der Waals surface area (Å²) < 4.78 is 22.8. The molecule has 1 saturated heterocycles. The fourth-order valence-electron chi connectivity index (χ4n) is 3.68. The van der Waals surface area contributed by atoms with Gasteiger partial charge in [-0.1, -0.05) is 0 Å². The molecule has 0 aromatic heterocycles. The lowest BCUT2D eigenvalue weighted by Gasteiger charge is -2.19. The van der Waals surface area contributed by atoms with E-state index in [0.717, 1.165) is 75.1 Å². The molecule has 7 nitrogen and oxygen atoms in total. The highest BCUT2D eigenvalue weighted by atomic mass is 16.5. The molecule has 0 amide bonds. The Kier molecular flexibility index (Phi) is 8.89. The van der Waals surface area contributed by atoms with Gasteiger partial charge in [0.1, 0.15) is 11.5 Å². The minimum Gasteiger partial charge on any atom is -0.497 e. The smallest absolute Gasteiger partial charge is 0.191 e. The van der Waals surface area contributed by atoms with Crippen molar-refractivity contribution in [3.8, 4) is 11.5 Å². The van der Waals surface area contributed by atoms with Crippen molar-refractivity contribution >= 4 is 5.96 Å². The predicted molar refractivity (Wildman–Crippen MR) is 114 cm³/mol. The van der Waals surface area contributed by atoms with Crippen LogP contribution in [0.5, 0.6) is 11.5 Å². The van der Waals surface area contributed by atoms with E-state index in [1.54, 1.807) is 14.2 Å². The molecular weight excluding hydrogens is 370 g/mol. The van der Waals surface area contributed by atoms with Gasteiger partial charge in [0, 0.05) is 45.0 Å². The van der Waals surface area contributed by atoms with Crippen molar-refractivity contribution in [3.05, 3.63) is 23.8 Å². The Hall–Kier alpha value is -1.99. The van der Waals surface area contributed by atoms with Gasteiger partial charge in [-0.05, 0) is 50.7 Å². The molecule has 29 heavy (non-hydrogen) atoms. The van der Waals surface area contributed by atoms with Crippen molar-refractivity contribution in [2.45, 2.75) is 57.3 Å². The predicted octanol–water partition coefficient (Wildman–Crippen LogP) is 2.88. The number of nitrogens with zero attached hydrogens (tertiary/aromatic N) is 1. The summed E-state index contributed by atoms with van der Waals surface area (Å²) in [6.07, 6.45) is 7.25. The summed E-state index contributed by atoms with van der Waals surface area (Å²) in [5, 5.41) is 6.72. The van der Waals surface area contributed by atoms with Crippen LogP contribution in [0.4, 0.5) is 0 Å². The van der Waals surface area contributed by atoms with Gasteiger partial charge in [0.2, 0.25) is 0 Å². The topological polar surface area (TPSA) is 73.3 Å². The molecule has 0 radical (unpaired) electrons. The summed E-state index contributed by atoms with van der Waals surface area (Å²) in [6, 6.07) is 6.01. The summed E-state index contributed by atoms with van der Waals surface area (Å²) >= 11 is 0. The number of benzene rings is 1. The summed E-state index contributed by atoms with van der Waals surface area (Å²) in [6.45, 7) is 3.72. The van der Waals surface area contributed by atoms with E-state index >= 15 is 0 Å². The van der Waals surface area contributed by atoms with Crippen LogP contribution in [0, 0.1) is 0 Å². The van der Waals surface area contributed by atoms with Crippen molar-refractivity contribution in [3.63, 3.8) is 0 Å². The molecule has 1 aromatic carbocycles. The summed E-state index contributed by atoms with van der Waals surface area (Å²) in [7, 11) is 3.47. The number of rotatable bonds is 10. The van der Waals surface area contributed by atoms with Gasteiger partial charge < -0.3 is 29.6 Å². The first kappa shape index (κ1) is 21.7. The first-order valence-corrected chi connectivity index (χ1v) is 10.8. The van der Waals surface area contributed by atoms with Crippen LogP contribution in [0.15, 0.2) is 23.2 Å². The van der Waals surface area contributed by atoms with Gasteiger partial charge in [-0.25, -0.2) is 0 Å². The lowest BCUT2D eigenvalue weighted by molar-refractivity contribution is 0.0420. The first-order chi connectivity index (χ1) is 14.3. The Balaban J connectivity index is 1.44. The molecule has 0 spiro atoms. The summed E-state index contributed by atoms with van der Waals surface area (Å²) in [5.41, 5.74) is 1.10. The fraction of sp³-hybridized carbons (Fsp3) is 0.682. The van der Waals surface area contributed by atoms with E-state index < -0.39 is 0 Å². The van der Waals surface area contributed by atoms with E-state index in [0.29, 0.717) is 12.6 Å². The van der Waals surface area contributed by atoms with Gasteiger partial charge in [0.05, 0.1) is 25.9 Å². The van der Waals surface area contributed by atoms with Gasteiger partial charge >= 0.3 is 0 Å². The second-order valence-electron chi connectivity index (χ2n) is 7.56. The molecule has 2 N–H and O–H groups in total. The second-order valence-corrected chi connectivity index (χ2v) is 7.56. The van der Waals surface area contributed by atoms with E-state index in [-0.39, 0.29) is 6.10 Å². The lowest BCUT2D eigenvalue weighted by atomic mass is 10.2. The van der Waals surface area contributed by atoms with E-state index in [9.17, 15) is 0 Å². The van der Waals surface area contributed by atoms with Crippen LogP contribution in [-0.4, -0.2) is 58.7 Å². The zero-order chi connectivity index (χ0) is 20.3. The van der Waals surface area contributed by atoms with Gasteiger partial charge in [0.15, 0.2) is 5.96 Å². The van der Waals surface area contributed by atoms with Gasteiger partial charge in [0.25, 0.3) is 0 Å². The Morgan fingerprint density at radius 2 is 2.03 bits per heavy atom. The van der Waals surface area contributed by atoms with E-state index in [4.69, 9.17) is 18.9 Å². The zero-order valence-corrected chi connectivity index (χ0v) is 17.7. The Morgan fingerprint density at radius 3 is 2.76 bits per heavy atom. The molecule has 1 saturated carbocycles. The van der Waals surface area contributed by atoms with Gasteiger partial charge in [-0.2, -0.15) is 0 Å². The summed E-state index contributed by atoms with van der Waals surface area (Å²) in [5.74, 6) is 2.49. The molecule has 1 aromatic rings. The van der Waals surface area contributed by atoms with Crippen molar-refractivity contribution in [2.75, 3.05) is 40.5 Å². The molecule has 2 aliphatic rings. The van der Waals surface area contributed by atoms with Crippen LogP contribution in [0.2, 0.25) is 0 Å². The van der Waals surface area contributed by atoms with Gasteiger partial charge in [-0.15, -0.1) is 0 Å². The molecule has 3 rings (SSSR count). The Bertz CT molecular complexity index is 641. The van der Waals surface area contributed by atoms with Gasteiger partial charge in [-0.3, -0.25) is 4.99 Å². The molecule has 2 fully saturated rings. The molecule has 0 bridgehead atoms. The monoisotopic (exact) mass is 405 g/mol. The fourth-order valence-corrected chi connectivity index (χ4v) is 3.68. The molecule has 1 atom stereocenters. The number of ether oxygens (including phenoxy) is 4. The van der Waals surface area contributed by atoms with E-state index in [2.05, 4.69) is 21.7 Å². The van der Waals surface area contributed by atoms with Crippen LogP contribution in [0.1, 0.15) is 44.1 Å². The van der Waals surface area contributed by atoms with Crippen molar-refractivity contribution < 1.29 is 18.9 Å². The molecule has 1 aliphatic carbocycles. The number of hydrogen-bond acceptors (Lipinski definition) is 5. The number of methoxy groups -OCH3 is 1. The highest BCUT2D eigenvalue weighted by Gasteiger charge is 2.19. The van der Waals surface area contributed by atoms with Crippen LogP contribution in [0.3, 0.4) is 0 Å². The SMILES string of the molecule is CN=C(NCCCOC1CCOC1)NCc1ccc(OC)cc1OC1CCCC1. The molecule has 7 heteroatoms. The third kappa shape index (κ3) is 7.08. The van der Waals surface area contributed by atoms with Crippen LogP contribution in [-0.2, 0) is 16.0 Å². The zero-order valence-electron chi connectivity index (χ0n) is 17.7. The molecular formula is C22H35N3O4. The number of nitrogens with one attached hydrogen (secondary N) is 2. The third-order valence-electron chi connectivity index (χ3n) is 5.40. The maximum absolute atomic E-state index is 6.27. The Morgan fingerprint density at radius 1 is 1.17 bits per heavy atom. The van der Waals surface area contributed by atoms with Crippen molar-refractivity contribution in [2.24, 2.45) is 4.99 Å². The molecule has 1 unspecified atom stereocenters. The quantitative estimate of drug-likeness (QED) is 0.354. The highest BCUT2D eigenvalue weighted by Crippen LogP contribution is 2.29. The van der Waals surface area contributed by atoms with Crippen molar-refractivity contribution in [1.82, 2.24) is 10.6 Å². The Labute approximate surface area is 174 Å². The number of hydrogen-bond donors (Lipinski definition) is 2. The van der Waals surface area contributed by atoms with Crippen LogP contribution in [0.25, 0.3) is 0 Å². The summed E-state index contributed by atoms with van der Waals surface area (Å²) in [4.78, 5) is 4.31. The second kappa shape index (κ2) is 11.9. The standard InChI is InChI=1S/C22H35N3O4/c1-23-22(24-11-5-12-28-20-10-13-27-16-20)25-15-17-8-9-19(26-2)14-21(17)29-18-6-3-4-7-18/h8-9,14,18,20H,3-7,10-13,15-16H2,1-2H3,(H2,23,24,25). The number of aliphatic imine (C=N–C) groups is 1. The average Bonchev–Trinajstić information content (AvgIpc) is 3.45. The van der Waals surface area contributed by atoms with E-state index in [1.807, 2.05) is 12.1 Å². The minimum atomic E-state index is 0.265. The van der Waals surface area contributed by atoms with Crippen LogP contribution >= 0.6 is 0 Å². The van der Waals surface area contributed by atoms with Crippen LogP contribution < -0.4 is 20.1 Å². The van der Waals surface area contributed by atoms with E-state index in [1.165, 1.54) is 12.8 Å². The average molecular weight is 406 g/mol. The maximum atomic E-state index is 6.27. The first-order valence-electron chi connectivity index (χ1n) is 10.8. The highest BCUT2D eigenvalue weighted by molar-refractivity contribution is 5.79. The molecule has 1 aliphatic heterocycles. The minimum absolute atomic E-state index is 0.265. The maximum Gasteiger partial charge on any atom is 0.191 e. The number of guanidine groups is 1. The third-order valence-corrected chi connectivity index (χ3v) is 5.40. The molecule has 162 valence electrons. The lowest BCUT2D eigenvalue weighted by Crippen LogP contribution is -2.37. The molecule has 1 heterocycles. The normalized spacial score (nSPS) is 20.1.